The van der Waals surface area contributed by atoms with E-state index in [1.54, 1.807) is 0 Å². The van der Waals surface area contributed by atoms with Crippen LogP contribution in [0.4, 0.5) is 0 Å². The van der Waals surface area contributed by atoms with Crippen LogP contribution in [0.3, 0.4) is 0 Å². The van der Waals surface area contributed by atoms with E-state index in [0.29, 0.717) is 11.5 Å². The maximum Gasteiger partial charge on any atom is 0.0306 e. The average Bonchev–Trinajstić information content (AvgIpc) is 2.81. The molecule has 0 amide bonds. The molecular weight excluding hydrogens is 232 g/mol. The Balaban J connectivity index is 2.64. The monoisotopic (exact) mass is 268 g/mol. The molecule has 1 unspecified atom stereocenters. The van der Waals surface area contributed by atoms with Crippen molar-refractivity contribution in [3.8, 4) is 0 Å². The zero-order valence-corrected chi connectivity index (χ0v) is 14.2. The van der Waals surface area contributed by atoms with Crippen molar-refractivity contribution in [1.82, 2.24) is 10.2 Å². The van der Waals surface area contributed by atoms with Gasteiger partial charge in [0.15, 0.2) is 0 Å². The number of likely N-dealkylation sites (tertiary alicyclic amines) is 1. The second-order valence-electron chi connectivity index (χ2n) is 7.95. The average molecular weight is 268 g/mol. The Hall–Kier alpha value is -0.0800. The van der Waals surface area contributed by atoms with Crippen molar-refractivity contribution in [2.45, 2.75) is 85.2 Å². The molecule has 1 aliphatic heterocycles. The Kier molecular flexibility index (Phi) is 6.32. The molecule has 0 spiro atoms. The molecule has 2 heteroatoms. The maximum absolute atomic E-state index is 3.82. The Morgan fingerprint density at radius 3 is 2.11 bits per heavy atom. The van der Waals surface area contributed by atoms with Crippen LogP contribution in [0, 0.1) is 5.41 Å². The van der Waals surface area contributed by atoms with Crippen LogP contribution in [0.25, 0.3) is 0 Å². The highest BCUT2D eigenvalue weighted by Gasteiger charge is 2.36. The molecule has 1 saturated heterocycles. The molecule has 1 rings (SSSR count). The second-order valence-corrected chi connectivity index (χ2v) is 7.95. The third-order valence-corrected chi connectivity index (χ3v) is 4.60. The molecule has 1 atom stereocenters. The largest absolute Gasteiger partial charge is 0.312 e. The topological polar surface area (TPSA) is 15.3 Å². The van der Waals surface area contributed by atoms with Crippen molar-refractivity contribution in [2.75, 3.05) is 19.6 Å². The predicted octanol–water partition coefficient (Wildman–Crippen LogP) is 4.06. The fourth-order valence-electron chi connectivity index (χ4n) is 3.11. The van der Waals surface area contributed by atoms with E-state index in [1.165, 1.54) is 45.2 Å². The summed E-state index contributed by atoms with van der Waals surface area (Å²) in [7, 11) is 0. The van der Waals surface area contributed by atoms with Gasteiger partial charge in [-0.25, -0.2) is 0 Å². The highest BCUT2D eigenvalue weighted by atomic mass is 15.2. The lowest BCUT2D eigenvalue weighted by molar-refractivity contribution is 0.0959. The van der Waals surface area contributed by atoms with Crippen LogP contribution in [-0.2, 0) is 0 Å². The summed E-state index contributed by atoms with van der Waals surface area (Å²) >= 11 is 0. The summed E-state index contributed by atoms with van der Waals surface area (Å²) in [5.41, 5.74) is 0.726. The third kappa shape index (κ3) is 5.43. The minimum atomic E-state index is 0.289. The minimum Gasteiger partial charge on any atom is -0.312 e. The molecule has 1 heterocycles. The van der Waals surface area contributed by atoms with E-state index < -0.39 is 0 Å². The quantitative estimate of drug-likeness (QED) is 0.749. The standard InChI is InChI=1S/C17H36N2/c1-7-12-18-15(10-11-16(2,3)4)17(5,6)19-13-8-9-14-19/h15,18H,7-14H2,1-6H3. The minimum absolute atomic E-state index is 0.289. The first-order valence-electron chi connectivity index (χ1n) is 8.26. The third-order valence-electron chi connectivity index (χ3n) is 4.60. The molecule has 1 N–H and O–H groups in total. The lowest BCUT2D eigenvalue weighted by Crippen LogP contribution is -2.57. The van der Waals surface area contributed by atoms with Crippen molar-refractivity contribution in [3.05, 3.63) is 0 Å². The molecule has 2 nitrogen and oxygen atoms in total. The van der Waals surface area contributed by atoms with Gasteiger partial charge in [-0.2, -0.15) is 0 Å². The van der Waals surface area contributed by atoms with Crippen molar-refractivity contribution >= 4 is 0 Å². The summed E-state index contributed by atoms with van der Waals surface area (Å²) in [6.45, 7) is 17.9. The second kappa shape index (κ2) is 7.08. The van der Waals surface area contributed by atoms with Gasteiger partial charge in [0.25, 0.3) is 0 Å². The van der Waals surface area contributed by atoms with Gasteiger partial charge in [-0.1, -0.05) is 27.7 Å². The molecule has 0 saturated carbocycles. The van der Waals surface area contributed by atoms with Gasteiger partial charge in [-0.15, -0.1) is 0 Å². The molecule has 1 fully saturated rings. The lowest BCUT2D eigenvalue weighted by Gasteiger charge is -2.43. The summed E-state index contributed by atoms with van der Waals surface area (Å²) in [5.74, 6) is 0. The van der Waals surface area contributed by atoms with Crippen LogP contribution in [0.15, 0.2) is 0 Å². The van der Waals surface area contributed by atoms with Gasteiger partial charge in [0.2, 0.25) is 0 Å². The summed E-state index contributed by atoms with van der Waals surface area (Å²) in [6.07, 6.45) is 6.56. The molecule has 0 bridgehead atoms. The predicted molar refractivity (Wildman–Crippen MR) is 85.7 cm³/mol. The van der Waals surface area contributed by atoms with Crippen LogP contribution in [0.5, 0.6) is 0 Å². The Bertz CT molecular complexity index is 246. The van der Waals surface area contributed by atoms with Gasteiger partial charge in [-0.3, -0.25) is 4.90 Å². The smallest absolute Gasteiger partial charge is 0.0306 e. The van der Waals surface area contributed by atoms with E-state index in [4.69, 9.17) is 0 Å². The summed E-state index contributed by atoms with van der Waals surface area (Å²) in [6, 6.07) is 0.616. The van der Waals surface area contributed by atoms with Gasteiger partial charge >= 0.3 is 0 Å². The first-order chi connectivity index (χ1) is 8.77. The molecule has 114 valence electrons. The van der Waals surface area contributed by atoms with Gasteiger partial charge in [-0.05, 0) is 71.0 Å². The molecule has 0 radical (unpaired) electrons. The maximum atomic E-state index is 3.82. The van der Waals surface area contributed by atoms with Crippen molar-refractivity contribution in [3.63, 3.8) is 0 Å². The first-order valence-corrected chi connectivity index (χ1v) is 8.26. The molecular formula is C17H36N2. The number of nitrogens with one attached hydrogen (secondary N) is 1. The van der Waals surface area contributed by atoms with E-state index in [2.05, 4.69) is 51.8 Å². The SMILES string of the molecule is CCCNC(CCC(C)(C)C)C(C)(C)N1CCCC1. The molecule has 1 aliphatic rings. The van der Waals surface area contributed by atoms with Crippen LogP contribution in [0.1, 0.15) is 73.6 Å². The van der Waals surface area contributed by atoms with Gasteiger partial charge in [0, 0.05) is 11.6 Å². The number of nitrogens with zero attached hydrogens (tertiary/aromatic N) is 1. The zero-order valence-electron chi connectivity index (χ0n) is 14.2. The van der Waals surface area contributed by atoms with Crippen molar-refractivity contribution in [1.29, 1.82) is 0 Å². The highest BCUT2D eigenvalue weighted by Crippen LogP contribution is 2.30. The summed E-state index contributed by atoms with van der Waals surface area (Å²) < 4.78 is 0. The van der Waals surface area contributed by atoms with Gasteiger partial charge in [0.05, 0.1) is 0 Å². The van der Waals surface area contributed by atoms with E-state index in [-0.39, 0.29) is 5.54 Å². The van der Waals surface area contributed by atoms with E-state index in [9.17, 15) is 0 Å². The molecule has 0 aromatic carbocycles. The van der Waals surface area contributed by atoms with Crippen LogP contribution >= 0.6 is 0 Å². The lowest BCUT2D eigenvalue weighted by atomic mass is 9.82. The fraction of sp³-hybridized carbons (Fsp3) is 1.00. The number of hydrogen-bond acceptors (Lipinski definition) is 2. The van der Waals surface area contributed by atoms with E-state index in [1.807, 2.05) is 0 Å². The molecule has 0 aliphatic carbocycles. The highest BCUT2D eigenvalue weighted by molar-refractivity contribution is 4.95. The van der Waals surface area contributed by atoms with E-state index >= 15 is 0 Å². The summed E-state index contributed by atoms with van der Waals surface area (Å²) in [4.78, 5) is 2.70. The van der Waals surface area contributed by atoms with Crippen molar-refractivity contribution in [2.24, 2.45) is 5.41 Å². The fourth-order valence-corrected chi connectivity index (χ4v) is 3.11. The zero-order chi connectivity index (χ0) is 14.5. The Morgan fingerprint density at radius 2 is 1.63 bits per heavy atom. The summed E-state index contributed by atoms with van der Waals surface area (Å²) in [5, 5.41) is 3.82. The molecule has 0 aromatic heterocycles. The molecule has 0 aromatic rings. The Morgan fingerprint density at radius 1 is 1.05 bits per heavy atom. The van der Waals surface area contributed by atoms with E-state index in [0.717, 1.165) is 6.54 Å². The van der Waals surface area contributed by atoms with Gasteiger partial charge in [0.1, 0.15) is 0 Å². The Labute approximate surface area is 121 Å². The van der Waals surface area contributed by atoms with Crippen LogP contribution in [-0.4, -0.2) is 36.1 Å². The van der Waals surface area contributed by atoms with Gasteiger partial charge < -0.3 is 5.32 Å². The molecule has 19 heavy (non-hydrogen) atoms. The number of hydrogen-bond donors (Lipinski definition) is 1. The first kappa shape index (κ1) is 17.0. The van der Waals surface area contributed by atoms with Crippen molar-refractivity contribution < 1.29 is 0 Å². The van der Waals surface area contributed by atoms with Crippen LogP contribution < -0.4 is 5.32 Å². The number of rotatable bonds is 7. The van der Waals surface area contributed by atoms with Crippen LogP contribution in [0.2, 0.25) is 0 Å². The normalized spacial score (nSPS) is 19.9.